The lowest BCUT2D eigenvalue weighted by Gasteiger charge is -2.34. The number of benzene rings is 3. The highest BCUT2D eigenvalue weighted by Gasteiger charge is 2.23. The number of nitrogens with one attached hydrogen (secondary N) is 1. The summed E-state index contributed by atoms with van der Waals surface area (Å²) < 4.78 is 12.1. The lowest BCUT2D eigenvalue weighted by molar-refractivity contribution is -0.120. The van der Waals surface area contributed by atoms with E-state index in [2.05, 4.69) is 32.3 Å². The first-order chi connectivity index (χ1) is 20.4. The summed E-state index contributed by atoms with van der Waals surface area (Å²) in [6.45, 7) is 1.94. The molecule has 1 aliphatic heterocycles. The second-order valence-electron chi connectivity index (χ2n) is 10.9. The Morgan fingerprint density at radius 3 is 2.33 bits per heavy atom. The molecule has 0 unspecified atom stereocenters. The number of methoxy groups -OCH3 is 1. The van der Waals surface area contributed by atoms with E-state index in [1.54, 1.807) is 6.07 Å². The molecule has 0 bridgehead atoms. The van der Waals surface area contributed by atoms with Gasteiger partial charge in [-0.05, 0) is 99.0 Å². The van der Waals surface area contributed by atoms with Crippen molar-refractivity contribution >= 4 is 57.3 Å². The quantitative estimate of drug-likeness (QED) is 0.214. The number of carboxylic acid groups (broad SMARTS) is 1. The molecule has 1 saturated carbocycles. The van der Waals surface area contributed by atoms with Gasteiger partial charge < -0.3 is 19.5 Å². The number of para-hydroxylation sites is 2. The van der Waals surface area contributed by atoms with E-state index in [9.17, 15) is 14.7 Å². The minimum absolute atomic E-state index is 0. The van der Waals surface area contributed by atoms with Crippen LogP contribution in [-0.2, 0) is 11.2 Å². The van der Waals surface area contributed by atoms with Crippen molar-refractivity contribution in [1.29, 1.82) is 0 Å². The van der Waals surface area contributed by atoms with Crippen LogP contribution in [-0.4, -0.2) is 43.3 Å². The molecule has 1 saturated heterocycles. The van der Waals surface area contributed by atoms with Gasteiger partial charge in [0.15, 0.2) is 0 Å². The molecule has 0 atom stereocenters. The van der Waals surface area contributed by atoms with Crippen LogP contribution in [0.4, 0.5) is 17.1 Å². The highest BCUT2D eigenvalue weighted by Crippen LogP contribution is 2.36. The number of ether oxygens (including phenoxy) is 2. The summed E-state index contributed by atoms with van der Waals surface area (Å²) in [5.74, 6) is -0.318. The number of aromatic carboxylic acids is 1. The number of amides is 1. The van der Waals surface area contributed by atoms with Gasteiger partial charge in [0.05, 0.1) is 36.7 Å². The van der Waals surface area contributed by atoms with Gasteiger partial charge >= 0.3 is 5.97 Å². The van der Waals surface area contributed by atoms with Crippen LogP contribution in [0.15, 0.2) is 65.1 Å². The van der Waals surface area contributed by atoms with Crippen molar-refractivity contribution in [2.45, 2.75) is 63.9 Å². The third-order valence-electron chi connectivity index (χ3n) is 7.96. The summed E-state index contributed by atoms with van der Waals surface area (Å²) in [7, 11) is 1.42. The van der Waals surface area contributed by atoms with E-state index in [0.717, 1.165) is 61.6 Å². The van der Waals surface area contributed by atoms with Gasteiger partial charge in [0.1, 0.15) is 17.1 Å². The largest absolute Gasteiger partial charge is 0.496 e. The van der Waals surface area contributed by atoms with Crippen molar-refractivity contribution in [3.63, 3.8) is 0 Å². The third kappa shape index (κ3) is 8.15. The molecule has 2 aliphatic rings. The van der Waals surface area contributed by atoms with Crippen LogP contribution in [0.5, 0.6) is 11.5 Å². The Morgan fingerprint density at radius 1 is 0.977 bits per heavy atom. The minimum atomic E-state index is -1.10. The van der Waals surface area contributed by atoms with Gasteiger partial charge in [-0.3, -0.25) is 15.2 Å². The van der Waals surface area contributed by atoms with Crippen LogP contribution < -0.4 is 24.8 Å². The first kappa shape index (κ1) is 32.5. The van der Waals surface area contributed by atoms with E-state index in [1.165, 1.54) is 38.9 Å². The van der Waals surface area contributed by atoms with E-state index >= 15 is 0 Å². The second kappa shape index (κ2) is 15.3. The molecule has 1 aliphatic carbocycles. The van der Waals surface area contributed by atoms with Gasteiger partial charge in [-0.2, -0.15) is 0 Å². The van der Waals surface area contributed by atoms with Crippen molar-refractivity contribution in [1.82, 2.24) is 5.43 Å². The number of nitrogens with zero attached hydrogens (tertiary/aromatic N) is 2. The Bertz CT molecular complexity index is 1390. The third-order valence-corrected chi connectivity index (χ3v) is 8.69. The number of carboxylic acids is 1. The zero-order valence-corrected chi connectivity index (χ0v) is 26.8. The highest BCUT2D eigenvalue weighted by atomic mass is 79.9. The summed E-state index contributed by atoms with van der Waals surface area (Å²) in [5, 5.41) is 11.4. The fraction of sp³-hybridized carbons (Fsp3) is 0.394. The van der Waals surface area contributed by atoms with Crippen LogP contribution in [0.1, 0.15) is 67.3 Å². The Hall–Kier alpha value is -3.43. The average molecular weight is 673 g/mol. The number of rotatable bonds is 10. The van der Waals surface area contributed by atoms with Crippen molar-refractivity contribution in [2.24, 2.45) is 0 Å². The molecule has 1 heterocycles. The number of hydrogen-bond acceptors (Lipinski definition) is 6. The maximum Gasteiger partial charge on any atom is 0.339 e. The number of hydrazine groups is 1. The Kier molecular flexibility index (Phi) is 11.6. The first-order valence-electron chi connectivity index (χ1n) is 14.7. The van der Waals surface area contributed by atoms with Gasteiger partial charge in [0.25, 0.3) is 0 Å². The van der Waals surface area contributed by atoms with Gasteiger partial charge in [0.2, 0.25) is 5.91 Å². The lowest BCUT2D eigenvalue weighted by Crippen LogP contribution is -2.41. The molecule has 5 rings (SSSR count). The summed E-state index contributed by atoms with van der Waals surface area (Å²) in [5.41, 5.74) is 6.53. The molecule has 0 aromatic heterocycles. The molecule has 3 aromatic rings. The number of halogens is 2. The van der Waals surface area contributed by atoms with Crippen molar-refractivity contribution in [3.8, 4) is 11.5 Å². The Labute approximate surface area is 267 Å². The molecular weight excluding hydrogens is 634 g/mol. The number of carbonyl (C=O) groups excluding carboxylic acids is 1. The van der Waals surface area contributed by atoms with Crippen LogP contribution in [0.25, 0.3) is 0 Å². The molecule has 2 fully saturated rings. The number of carbonyl (C=O) groups is 2. The molecule has 230 valence electrons. The van der Waals surface area contributed by atoms with Gasteiger partial charge in [-0.15, -0.1) is 12.4 Å². The average Bonchev–Trinajstić information content (AvgIpc) is 3.02. The second-order valence-corrected chi connectivity index (χ2v) is 11.8. The topological polar surface area (TPSA) is 91.3 Å². The molecule has 3 aromatic carbocycles. The number of anilines is 3. The van der Waals surface area contributed by atoms with Gasteiger partial charge in [0, 0.05) is 17.6 Å². The number of hydrogen-bond donors (Lipinski definition) is 2. The molecule has 43 heavy (non-hydrogen) atoms. The van der Waals surface area contributed by atoms with E-state index in [-0.39, 0.29) is 42.2 Å². The lowest BCUT2D eigenvalue weighted by atomic mass is 9.98. The van der Waals surface area contributed by atoms with Crippen LogP contribution >= 0.6 is 28.3 Å². The van der Waals surface area contributed by atoms with E-state index in [1.807, 2.05) is 47.5 Å². The fourth-order valence-corrected chi connectivity index (χ4v) is 6.26. The van der Waals surface area contributed by atoms with Gasteiger partial charge in [-0.25, -0.2) is 4.79 Å². The SMILES string of the molecule is COc1cc(CC(=O)NN(c2ccc(OC3CCCCC3)cc2)c2ccccc2N2CCCCC2)c(Br)cc1C(=O)O.Cl. The summed E-state index contributed by atoms with van der Waals surface area (Å²) in [6.07, 6.45) is 9.62. The summed E-state index contributed by atoms with van der Waals surface area (Å²) in [4.78, 5) is 27.6. The van der Waals surface area contributed by atoms with Crippen LogP contribution in [0.2, 0.25) is 0 Å². The van der Waals surface area contributed by atoms with Crippen molar-refractivity contribution in [3.05, 3.63) is 76.3 Å². The predicted molar refractivity (Wildman–Crippen MR) is 175 cm³/mol. The van der Waals surface area contributed by atoms with E-state index in [4.69, 9.17) is 9.47 Å². The Morgan fingerprint density at radius 2 is 1.65 bits per heavy atom. The normalized spacial score (nSPS) is 15.3. The molecule has 2 N–H and O–H groups in total. The van der Waals surface area contributed by atoms with Crippen molar-refractivity contribution in [2.75, 3.05) is 30.1 Å². The molecule has 0 spiro atoms. The minimum Gasteiger partial charge on any atom is -0.496 e. The standard InChI is InChI=1S/C33H38BrN3O5.ClH/c1-41-31-20-23(28(34)22-27(31)33(39)40)21-32(38)35-37(30-13-7-6-12-29(30)36-18-8-3-9-19-36)24-14-16-26(17-15-24)42-25-10-4-2-5-11-25;/h6-7,12-17,20,22,25H,2-5,8-11,18-19,21H2,1H3,(H,35,38)(H,39,40);1H. The monoisotopic (exact) mass is 671 g/mol. The van der Waals surface area contributed by atoms with Crippen LogP contribution in [0, 0.1) is 0 Å². The summed E-state index contributed by atoms with van der Waals surface area (Å²) in [6, 6.07) is 19.1. The molecule has 10 heteroatoms. The smallest absolute Gasteiger partial charge is 0.339 e. The van der Waals surface area contributed by atoms with E-state index < -0.39 is 5.97 Å². The molecular formula is C33H39BrClN3O5. The molecule has 8 nitrogen and oxygen atoms in total. The zero-order valence-electron chi connectivity index (χ0n) is 24.4. The van der Waals surface area contributed by atoms with Crippen LogP contribution in [0.3, 0.4) is 0 Å². The first-order valence-corrected chi connectivity index (χ1v) is 15.5. The summed E-state index contributed by atoms with van der Waals surface area (Å²) >= 11 is 3.44. The van der Waals surface area contributed by atoms with E-state index in [0.29, 0.717) is 10.0 Å². The van der Waals surface area contributed by atoms with Crippen molar-refractivity contribution < 1.29 is 24.2 Å². The fourth-order valence-electron chi connectivity index (χ4n) is 5.77. The predicted octanol–water partition coefficient (Wildman–Crippen LogP) is 7.69. The molecule has 0 radical (unpaired) electrons. The zero-order chi connectivity index (χ0) is 29.5. The highest BCUT2D eigenvalue weighted by molar-refractivity contribution is 9.10. The maximum absolute atomic E-state index is 13.6. The number of piperidine rings is 1. The Balaban J connectivity index is 0.00000423. The van der Waals surface area contributed by atoms with Gasteiger partial charge in [-0.1, -0.05) is 34.5 Å². The molecule has 1 amide bonds. The maximum atomic E-state index is 13.6.